The van der Waals surface area contributed by atoms with E-state index in [4.69, 9.17) is 4.74 Å². The lowest BCUT2D eigenvalue weighted by atomic mass is 9.99. The molecule has 5 rings (SSSR count). The van der Waals surface area contributed by atoms with Crippen molar-refractivity contribution in [2.24, 2.45) is 13.0 Å². The maximum Gasteiger partial charge on any atom is 0.418 e. The molecule has 10 heteroatoms. The third kappa shape index (κ3) is 4.86. The van der Waals surface area contributed by atoms with Crippen LogP contribution < -0.4 is 15.0 Å². The molecule has 192 valence electrons. The van der Waals surface area contributed by atoms with Crippen molar-refractivity contribution < 1.29 is 22.7 Å². The van der Waals surface area contributed by atoms with Crippen molar-refractivity contribution in [2.45, 2.75) is 25.6 Å². The van der Waals surface area contributed by atoms with E-state index in [2.05, 4.69) is 15.3 Å². The molecule has 0 aliphatic carbocycles. The lowest BCUT2D eigenvalue weighted by Gasteiger charge is -2.35. The van der Waals surface area contributed by atoms with E-state index in [9.17, 15) is 18.0 Å². The molecular formula is C26H30F3N5O2. The van der Waals surface area contributed by atoms with E-state index in [-0.39, 0.29) is 23.6 Å². The number of ether oxygens (including phenoxy) is 1. The average Bonchev–Trinajstić information content (AvgIpc) is 3.43. The van der Waals surface area contributed by atoms with Crippen molar-refractivity contribution >= 4 is 22.5 Å². The molecule has 2 aliphatic rings. The van der Waals surface area contributed by atoms with Crippen LogP contribution in [0.3, 0.4) is 0 Å². The Labute approximate surface area is 207 Å². The molecule has 1 unspecified atom stereocenters. The topological polar surface area (TPSA) is 62.6 Å². The molecule has 7 nitrogen and oxygen atoms in total. The summed E-state index contributed by atoms with van der Waals surface area (Å²) in [7, 11) is 3.76. The molecule has 2 atom stereocenters. The van der Waals surface area contributed by atoms with E-state index in [1.165, 1.54) is 6.07 Å². The number of nitrogens with zero attached hydrogens (tertiary/aromatic N) is 4. The van der Waals surface area contributed by atoms with Crippen molar-refractivity contribution in [2.75, 3.05) is 44.7 Å². The van der Waals surface area contributed by atoms with E-state index in [0.717, 1.165) is 18.5 Å². The maximum atomic E-state index is 14.2. The zero-order chi connectivity index (χ0) is 25.6. The first-order chi connectivity index (χ1) is 17.1. The summed E-state index contributed by atoms with van der Waals surface area (Å²) in [6.45, 7) is 4.98. The molecule has 2 fully saturated rings. The number of rotatable bonds is 5. The summed E-state index contributed by atoms with van der Waals surface area (Å²) in [4.78, 5) is 15.6. The Morgan fingerprint density at radius 3 is 2.50 bits per heavy atom. The van der Waals surface area contributed by atoms with Gasteiger partial charge in [0.05, 0.1) is 16.5 Å². The number of fused-ring (bicyclic) bond motifs is 1. The minimum Gasteiger partial charge on any atom is -0.490 e. The van der Waals surface area contributed by atoms with Crippen molar-refractivity contribution in [1.29, 1.82) is 0 Å². The van der Waals surface area contributed by atoms with Gasteiger partial charge in [-0.3, -0.25) is 9.48 Å². The molecule has 0 radical (unpaired) electrons. The quantitative estimate of drug-likeness (QED) is 0.575. The first-order valence-corrected chi connectivity index (χ1v) is 12.1. The number of carbonyl (C=O) groups excluding carboxylic acids is 1. The van der Waals surface area contributed by atoms with Crippen LogP contribution in [0, 0.1) is 5.92 Å². The van der Waals surface area contributed by atoms with Gasteiger partial charge in [-0.25, -0.2) is 0 Å². The second-order valence-corrected chi connectivity index (χ2v) is 9.82. The number of halogens is 3. The molecule has 1 N–H and O–H groups in total. The molecule has 0 saturated carbocycles. The van der Waals surface area contributed by atoms with Crippen molar-refractivity contribution in [1.82, 2.24) is 20.0 Å². The number of amides is 1. The molecule has 3 aromatic rings. The van der Waals surface area contributed by atoms with E-state index < -0.39 is 11.7 Å². The first kappa shape index (κ1) is 24.4. The number of hydrogen-bond acceptors (Lipinski definition) is 5. The smallest absolute Gasteiger partial charge is 0.418 e. The molecule has 2 aromatic carbocycles. The molecule has 3 heterocycles. The number of aromatic nitrogens is 2. The monoisotopic (exact) mass is 501 g/mol. The van der Waals surface area contributed by atoms with Gasteiger partial charge in [-0.05, 0) is 49.4 Å². The van der Waals surface area contributed by atoms with Gasteiger partial charge in [0, 0.05) is 64.0 Å². The number of aryl methyl sites for hydroxylation is 1. The van der Waals surface area contributed by atoms with Gasteiger partial charge in [0.2, 0.25) is 5.91 Å². The van der Waals surface area contributed by atoms with Crippen LogP contribution >= 0.6 is 0 Å². The zero-order valence-electron chi connectivity index (χ0n) is 20.6. The van der Waals surface area contributed by atoms with Gasteiger partial charge < -0.3 is 19.9 Å². The normalized spacial score (nSPS) is 20.1. The standard InChI is InChI=1S/C26H30F3N5O2/c1-16(19-13-25(35)30-14-19)36-24-12-18(11-22-20(24)15-33(3)31-22)17-4-5-23(21(10-17)26(27,28)29)34-8-6-32(2)7-9-34/h4-5,10-12,15-16,19H,6-9,13-14H2,1-3H3,(H,30,35)/t16-,19?/m1/s1. The SMILES string of the molecule is C[C@@H](Oc1cc(-c2ccc(N3CCN(C)CC3)c(C(F)(F)F)c2)cc2nn(C)cc12)C1CNC(=O)C1. The van der Waals surface area contributed by atoms with Gasteiger partial charge in [0.25, 0.3) is 0 Å². The van der Waals surface area contributed by atoms with Crippen LogP contribution in [-0.2, 0) is 18.0 Å². The van der Waals surface area contributed by atoms with Crippen LogP contribution in [0.5, 0.6) is 5.75 Å². The van der Waals surface area contributed by atoms with Crippen LogP contribution in [0.15, 0.2) is 36.5 Å². The minimum atomic E-state index is -4.49. The van der Waals surface area contributed by atoms with E-state index in [1.807, 2.05) is 25.1 Å². The highest BCUT2D eigenvalue weighted by atomic mass is 19.4. The Hall–Kier alpha value is -3.27. The second-order valence-electron chi connectivity index (χ2n) is 9.82. The summed E-state index contributed by atoms with van der Waals surface area (Å²) in [6, 6.07) is 8.10. The van der Waals surface area contributed by atoms with Gasteiger partial charge in [-0.15, -0.1) is 0 Å². The zero-order valence-corrected chi connectivity index (χ0v) is 20.6. The minimum absolute atomic E-state index is 0.00385. The Kier molecular flexibility index (Phi) is 6.32. The molecule has 0 bridgehead atoms. The van der Waals surface area contributed by atoms with Crippen LogP contribution in [0.2, 0.25) is 0 Å². The van der Waals surface area contributed by atoms with Gasteiger partial charge >= 0.3 is 6.18 Å². The van der Waals surface area contributed by atoms with Gasteiger partial charge in [0.15, 0.2) is 0 Å². The average molecular weight is 502 g/mol. The number of piperazine rings is 1. The number of nitrogens with one attached hydrogen (secondary N) is 1. The van der Waals surface area contributed by atoms with Gasteiger partial charge in [-0.2, -0.15) is 18.3 Å². The van der Waals surface area contributed by atoms with E-state index >= 15 is 0 Å². The third-order valence-corrected chi connectivity index (χ3v) is 7.17. The Balaban J connectivity index is 1.53. The van der Waals surface area contributed by atoms with Crippen LogP contribution in [0.1, 0.15) is 18.9 Å². The Morgan fingerprint density at radius 2 is 1.83 bits per heavy atom. The highest BCUT2D eigenvalue weighted by molar-refractivity contribution is 5.90. The van der Waals surface area contributed by atoms with Gasteiger partial charge in [0.1, 0.15) is 11.9 Å². The van der Waals surface area contributed by atoms with E-state index in [0.29, 0.717) is 48.4 Å². The largest absolute Gasteiger partial charge is 0.490 e. The lowest BCUT2D eigenvalue weighted by Crippen LogP contribution is -2.45. The molecule has 2 aliphatic heterocycles. The van der Waals surface area contributed by atoms with Crippen molar-refractivity contribution in [3.63, 3.8) is 0 Å². The Morgan fingerprint density at radius 1 is 1.08 bits per heavy atom. The predicted octanol–water partition coefficient (Wildman–Crippen LogP) is 3.91. The number of likely N-dealkylation sites (N-methyl/N-ethyl adjacent to an activating group) is 1. The highest BCUT2D eigenvalue weighted by Crippen LogP contribution is 2.41. The summed E-state index contributed by atoms with van der Waals surface area (Å²) in [5.41, 5.74) is 1.25. The molecular weight excluding hydrogens is 471 g/mol. The second kappa shape index (κ2) is 9.31. The summed E-state index contributed by atoms with van der Waals surface area (Å²) < 4.78 is 50.5. The van der Waals surface area contributed by atoms with Crippen molar-refractivity contribution in [3.05, 3.63) is 42.1 Å². The third-order valence-electron chi connectivity index (χ3n) is 7.17. The van der Waals surface area contributed by atoms with Gasteiger partial charge in [-0.1, -0.05) is 6.07 Å². The molecule has 0 spiro atoms. The number of alkyl halides is 3. The van der Waals surface area contributed by atoms with Crippen LogP contribution in [0.25, 0.3) is 22.0 Å². The fourth-order valence-corrected chi connectivity index (χ4v) is 5.00. The summed E-state index contributed by atoms with van der Waals surface area (Å²) >= 11 is 0. The number of anilines is 1. The molecule has 1 aromatic heterocycles. The van der Waals surface area contributed by atoms with Crippen LogP contribution in [-0.4, -0.2) is 66.5 Å². The fraction of sp³-hybridized carbons (Fsp3) is 0.462. The van der Waals surface area contributed by atoms with Crippen LogP contribution in [0.4, 0.5) is 18.9 Å². The number of carbonyl (C=O) groups is 1. The van der Waals surface area contributed by atoms with Crippen molar-refractivity contribution in [3.8, 4) is 16.9 Å². The molecule has 1 amide bonds. The highest BCUT2D eigenvalue weighted by Gasteiger charge is 2.36. The summed E-state index contributed by atoms with van der Waals surface area (Å²) in [5, 5.41) is 8.08. The maximum absolute atomic E-state index is 14.2. The fourth-order valence-electron chi connectivity index (χ4n) is 5.00. The summed E-state index contributed by atoms with van der Waals surface area (Å²) in [5.74, 6) is 0.558. The predicted molar refractivity (Wildman–Crippen MR) is 132 cm³/mol. The number of benzene rings is 2. The lowest BCUT2D eigenvalue weighted by molar-refractivity contribution is -0.137. The Bertz CT molecular complexity index is 1280. The number of hydrogen-bond donors (Lipinski definition) is 1. The first-order valence-electron chi connectivity index (χ1n) is 12.1. The summed E-state index contributed by atoms with van der Waals surface area (Å²) in [6.07, 6.45) is -2.52. The van der Waals surface area contributed by atoms with E-state index in [1.54, 1.807) is 36.0 Å². The molecule has 2 saturated heterocycles. The molecule has 36 heavy (non-hydrogen) atoms.